The van der Waals surface area contributed by atoms with E-state index in [2.05, 4.69) is 9.88 Å². The van der Waals surface area contributed by atoms with E-state index < -0.39 is 0 Å². The van der Waals surface area contributed by atoms with Crippen LogP contribution in [0, 0.1) is 10.1 Å². The fraction of sp³-hybridized carbons (Fsp3) is 0.167. The van der Waals surface area contributed by atoms with E-state index in [9.17, 15) is 10.1 Å². The Morgan fingerprint density at radius 1 is 1.03 bits per heavy atom. The SMILES string of the molecule is O=[N+]([O-])c1ccccc1-c1ccc(CN2CCc3nc(-c4ccccc4)ncc3C2)o1. The topological polar surface area (TPSA) is 85.3 Å². The lowest BCUT2D eigenvalue weighted by Gasteiger charge is -2.27. The summed E-state index contributed by atoms with van der Waals surface area (Å²) in [4.78, 5) is 22.5. The number of fused-ring (bicyclic) bond motifs is 1. The van der Waals surface area contributed by atoms with Gasteiger partial charge in [-0.25, -0.2) is 9.97 Å². The summed E-state index contributed by atoms with van der Waals surface area (Å²) in [5.41, 5.74) is 3.76. The first-order chi connectivity index (χ1) is 15.2. The highest BCUT2D eigenvalue weighted by Crippen LogP contribution is 2.31. The minimum Gasteiger partial charge on any atom is -0.459 e. The maximum absolute atomic E-state index is 11.3. The Labute approximate surface area is 179 Å². The van der Waals surface area contributed by atoms with E-state index in [-0.39, 0.29) is 10.6 Å². The van der Waals surface area contributed by atoms with Crippen molar-refractivity contribution in [1.82, 2.24) is 14.9 Å². The summed E-state index contributed by atoms with van der Waals surface area (Å²) in [5.74, 6) is 2.04. The fourth-order valence-electron chi connectivity index (χ4n) is 3.91. The van der Waals surface area contributed by atoms with Gasteiger partial charge in [0.25, 0.3) is 5.69 Å². The minimum absolute atomic E-state index is 0.0432. The van der Waals surface area contributed by atoms with Gasteiger partial charge in [-0.1, -0.05) is 42.5 Å². The maximum Gasteiger partial charge on any atom is 0.280 e. The molecule has 0 spiro atoms. The van der Waals surface area contributed by atoms with Gasteiger partial charge in [-0.3, -0.25) is 15.0 Å². The lowest BCUT2D eigenvalue weighted by Crippen LogP contribution is -2.30. The quantitative estimate of drug-likeness (QED) is 0.343. The van der Waals surface area contributed by atoms with Crippen LogP contribution in [0.15, 0.2) is 77.3 Å². The summed E-state index contributed by atoms with van der Waals surface area (Å²) in [5, 5.41) is 11.3. The molecule has 0 aliphatic carbocycles. The summed E-state index contributed by atoms with van der Waals surface area (Å²) < 4.78 is 5.95. The molecule has 7 nitrogen and oxygen atoms in total. The fourth-order valence-corrected chi connectivity index (χ4v) is 3.91. The van der Waals surface area contributed by atoms with Gasteiger partial charge in [0, 0.05) is 42.9 Å². The number of aromatic nitrogens is 2. The van der Waals surface area contributed by atoms with Crippen LogP contribution in [0.5, 0.6) is 0 Å². The molecule has 0 N–H and O–H groups in total. The Bertz CT molecular complexity index is 1240. The average Bonchev–Trinajstić information content (AvgIpc) is 3.27. The third-order valence-corrected chi connectivity index (χ3v) is 5.45. The average molecular weight is 412 g/mol. The van der Waals surface area contributed by atoms with Gasteiger partial charge in [-0.05, 0) is 18.2 Å². The van der Waals surface area contributed by atoms with Crippen molar-refractivity contribution in [1.29, 1.82) is 0 Å². The zero-order valence-corrected chi connectivity index (χ0v) is 16.8. The van der Waals surface area contributed by atoms with Gasteiger partial charge in [-0.2, -0.15) is 0 Å². The number of nitro benzene ring substituents is 1. The van der Waals surface area contributed by atoms with Crippen LogP contribution in [0.4, 0.5) is 5.69 Å². The van der Waals surface area contributed by atoms with Crippen LogP contribution in [0.25, 0.3) is 22.7 Å². The Morgan fingerprint density at radius 3 is 2.68 bits per heavy atom. The highest BCUT2D eigenvalue weighted by molar-refractivity contribution is 5.69. The van der Waals surface area contributed by atoms with Crippen molar-refractivity contribution in [2.45, 2.75) is 19.5 Å². The molecule has 0 amide bonds. The van der Waals surface area contributed by atoms with Crippen LogP contribution in [0.1, 0.15) is 17.0 Å². The van der Waals surface area contributed by atoms with Crippen molar-refractivity contribution in [2.75, 3.05) is 6.54 Å². The molecule has 1 aliphatic rings. The predicted molar refractivity (Wildman–Crippen MR) is 116 cm³/mol. The van der Waals surface area contributed by atoms with Gasteiger partial charge >= 0.3 is 0 Å². The van der Waals surface area contributed by atoms with Gasteiger partial charge in [-0.15, -0.1) is 0 Å². The number of rotatable bonds is 5. The maximum atomic E-state index is 11.3. The first kappa shape index (κ1) is 19.1. The molecule has 0 radical (unpaired) electrons. The molecule has 0 saturated carbocycles. The molecule has 1 aliphatic heterocycles. The van der Waals surface area contributed by atoms with Crippen molar-refractivity contribution in [3.8, 4) is 22.7 Å². The molecule has 31 heavy (non-hydrogen) atoms. The molecule has 3 heterocycles. The molecule has 0 fully saturated rings. The molecule has 2 aromatic heterocycles. The second kappa shape index (κ2) is 8.12. The molecule has 0 saturated heterocycles. The standard InChI is InChI=1S/C24H20N4O3/c29-28(30)22-9-5-4-8-20(22)23-11-10-19(31-23)16-27-13-12-21-18(15-27)14-25-24(26-21)17-6-2-1-3-7-17/h1-11,14H,12-13,15-16H2. The van der Waals surface area contributed by atoms with E-state index in [0.29, 0.717) is 17.9 Å². The zero-order chi connectivity index (χ0) is 21.2. The molecule has 154 valence electrons. The van der Waals surface area contributed by atoms with Crippen molar-refractivity contribution >= 4 is 5.69 Å². The first-order valence-electron chi connectivity index (χ1n) is 10.1. The minimum atomic E-state index is -0.386. The summed E-state index contributed by atoms with van der Waals surface area (Å²) in [6, 6.07) is 20.3. The van der Waals surface area contributed by atoms with Gasteiger partial charge in [0.1, 0.15) is 11.5 Å². The smallest absolute Gasteiger partial charge is 0.280 e. The van der Waals surface area contributed by atoms with Crippen molar-refractivity contribution < 1.29 is 9.34 Å². The Balaban J connectivity index is 1.31. The Kier molecular flexibility index (Phi) is 5.01. The highest BCUT2D eigenvalue weighted by Gasteiger charge is 2.21. The van der Waals surface area contributed by atoms with Crippen molar-refractivity contribution in [2.24, 2.45) is 0 Å². The van der Waals surface area contributed by atoms with Crippen molar-refractivity contribution in [3.63, 3.8) is 0 Å². The van der Waals surface area contributed by atoms with E-state index in [1.165, 1.54) is 6.07 Å². The molecule has 0 unspecified atom stereocenters. The lowest BCUT2D eigenvalue weighted by molar-refractivity contribution is -0.384. The number of nitro groups is 1. The van der Waals surface area contributed by atoms with Gasteiger partial charge in [0.05, 0.1) is 22.7 Å². The van der Waals surface area contributed by atoms with Crippen LogP contribution in [-0.2, 0) is 19.5 Å². The number of para-hydroxylation sites is 1. The predicted octanol–water partition coefficient (Wildman–Crippen LogP) is 4.87. The molecule has 0 bridgehead atoms. The van der Waals surface area contributed by atoms with Crippen LogP contribution >= 0.6 is 0 Å². The Hall–Kier alpha value is -3.84. The largest absolute Gasteiger partial charge is 0.459 e. The van der Waals surface area contributed by atoms with Gasteiger partial charge in [0.2, 0.25) is 0 Å². The van der Waals surface area contributed by atoms with Gasteiger partial charge in [0.15, 0.2) is 5.82 Å². The molecule has 2 aromatic carbocycles. The van der Waals surface area contributed by atoms with E-state index in [1.807, 2.05) is 42.6 Å². The monoisotopic (exact) mass is 412 g/mol. The first-order valence-corrected chi connectivity index (χ1v) is 10.1. The second-order valence-corrected chi connectivity index (χ2v) is 7.53. The van der Waals surface area contributed by atoms with Gasteiger partial charge < -0.3 is 4.42 Å². The third-order valence-electron chi connectivity index (χ3n) is 5.45. The second-order valence-electron chi connectivity index (χ2n) is 7.53. The number of benzene rings is 2. The number of hydrogen-bond acceptors (Lipinski definition) is 6. The molecule has 7 heteroatoms. The number of furan rings is 1. The molecule has 4 aromatic rings. The van der Waals surface area contributed by atoms with E-state index in [1.54, 1.807) is 24.3 Å². The molecule has 5 rings (SSSR count). The van der Waals surface area contributed by atoms with Crippen LogP contribution in [-0.4, -0.2) is 26.3 Å². The molecule has 0 atom stereocenters. The van der Waals surface area contributed by atoms with E-state index >= 15 is 0 Å². The normalized spacial score (nSPS) is 13.7. The van der Waals surface area contributed by atoms with Crippen LogP contribution in [0.3, 0.4) is 0 Å². The number of hydrogen-bond donors (Lipinski definition) is 0. The molecular weight excluding hydrogens is 392 g/mol. The van der Waals surface area contributed by atoms with Crippen molar-refractivity contribution in [3.05, 3.63) is 100 Å². The third kappa shape index (κ3) is 3.95. The summed E-state index contributed by atoms with van der Waals surface area (Å²) in [6.45, 7) is 2.23. The zero-order valence-electron chi connectivity index (χ0n) is 16.8. The van der Waals surface area contributed by atoms with Crippen LogP contribution in [0.2, 0.25) is 0 Å². The summed E-state index contributed by atoms with van der Waals surface area (Å²) in [7, 11) is 0. The molecular formula is C24H20N4O3. The van der Waals surface area contributed by atoms with Crippen LogP contribution < -0.4 is 0 Å². The number of nitrogens with zero attached hydrogens (tertiary/aromatic N) is 4. The lowest BCUT2D eigenvalue weighted by atomic mass is 10.1. The summed E-state index contributed by atoms with van der Waals surface area (Å²) in [6.07, 6.45) is 2.76. The van der Waals surface area contributed by atoms with E-state index in [0.717, 1.165) is 47.9 Å². The Morgan fingerprint density at radius 2 is 1.84 bits per heavy atom. The summed E-state index contributed by atoms with van der Waals surface area (Å²) >= 11 is 0. The highest BCUT2D eigenvalue weighted by atomic mass is 16.6. The van der Waals surface area contributed by atoms with E-state index in [4.69, 9.17) is 9.40 Å².